The van der Waals surface area contributed by atoms with Gasteiger partial charge in [0.25, 0.3) is 5.91 Å². The fourth-order valence-electron chi connectivity index (χ4n) is 1.49. The lowest BCUT2D eigenvalue weighted by Gasteiger charge is -2.06. The Kier molecular flexibility index (Phi) is 4.23. The van der Waals surface area contributed by atoms with E-state index in [1.54, 1.807) is 13.2 Å². The van der Waals surface area contributed by atoms with Crippen molar-refractivity contribution in [1.82, 2.24) is 0 Å². The fourth-order valence-corrected chi connectivity index (χ4v) is 2.42. The Morgan fingerprint density at radius 2 is 2.06 bits per heavy atom. The van der Waals surface area contributed by atoms with E-state index in [0.717, 1.165) is 11.3 Å². The highest BCUT2D eigenvalue weighted by atomic mass is 35.5. The maximum Gasteiger partial charge on any atom is 0.269 e. The van der Waals surface area contributed by atoms with Crippen molar-refractivity contribution in [3.63, 3.8) is 0 Å². The quantitative estimate of drug-likeness (QED) is 0.867. The van der Waals surface area contributed by atoms with Gasteiger partial charge < -0.3 is 10.1 Å². The number of anilines is 1. The Balaban J connectivity index is 2.11. The van der Waals surface area contributed by atoms with Gasteiger partial charge in [-0.3, -0.25) is 4.79 Å². The third-order valence-electron chi connectivity index (χ3n) is 2.42. The second-order valence-electron chi connectivity index (χ2n) is 3.60. The molecule has 2 rings (SSSR count). The number of halogens is 1. The fraction of sp³-hybridized carbons (Fsp3) is 0.154. The van der Waals surface area contributed by atoms with Crippen LogP contribution in [0.5, 0.6) is 5.75 Å². The number of hydrogen-bond acceptors (Lipinski definition) is 3. The molecule has 1 aromatic heterocycles. The monoisotopic (exact) mass is 281 g/mol. The first-order valence-electron chi connectivity index (χ1n) is 5.32. The van der Waals surface area contributed by atoms with E-state index in [-0.39, 0.29) is 5.91 Å². The molecule has 1 amide bonds. The highest BCUT2D eigenvalue weighted by molar-refractivity contribution is 7.12. The zero-order chi connectivity index (χ0) is 13.0. The minimum atomic E-state index is -0.166. The summed E-state index contributed by atoms with van der Waals surface area (Å²) in [4.78, 5) is 12.6. The van der Waals surface area contributed by atoms with E-state index in [1.807, 2.05) is 29.6 Å². The Labute approximate surface area is 114 Å². The van der Waals surface area contributed by atoms with Gasteiger partial charge in [-0.15, -0.1) is 22.9 Å². The molecule has 0 aliphatic carbocycles. The summed E-state index contributed by atoms with van der Waals surface area (Å²) in [6.45, 7) is 0. The van der Waals surface area contributed by atoms with E-state index in [4.69, 9.17) is 16.3 Å². The molecule has 0 fully saturated rings. The lowest BCUT2D eigenvalue weighted by atomic mass is 10.2. The number of carbonyl (C=O) groups excluding carboxylic acids is 1. The number of hydrogen-bond donors (Lipinski definition) is 1. The molecule has 0 aliphatic heterocycles. The van der Waals surface area contributed by atoms with Gasteiger partial charge in [-0.25, -0.2) is 0 Å². The van der Waals surface area contributed by atoms with E-state index in [2.05, 4.69) is 5.32 Å². The van der Waals surface area contributed by atoms with Gasteiger partial charge in [0.2, 0.25) is 0 Å². The molecule has 0 aliphatic rings. The van der Waals surface area contributed by atoms with Crippen molar-refractivity contribution in [2.75, 3.05) is 12.4 Å². The molecule has 0 saturated heterocycles. The lowest BCUT2D eigenvalue weighted by molar-refractivity contribution is 0.102. The number of amides is 1. The molecule has 94 valence electrons. The molecule has 0 atom stereocenters. The first kappa shape index (κ1) is 12.9. The zero-order valence-corrected chi connectivity index (χ0v) is 11.3. The second-order valence-corrected chi connectivity index (χ2v) is 4.79. The standard InChI is InChI=1S/C13H12ClNO2S/c1-17-11-6-7-18-12(11)13(16)15-10-4-2-9(8-14)3-5-10/h2-7H,8H2,1H3,(H,15,16). The second kappa shape index (κ2) is 5.89. The SMILES string of the molecule is COc1ccsc1C(=O)Nc1ccc(CCl)cc1. The molecule has 1 aromatic carbocycles. The smallest absolute Gasteiger partial charge is 0.269 e. The topological polar surface area (TPSA) is 38.3 Å². The first-order chi connectivity index (χ1) is 8.74. The maximum atomic E-state index is 12.0. The molecule has 5 heteroatoms. The van der Waals surface area contributed by atoms with Crippen molar-refractivity contribution >= 4 is 34.5 Å². The molecule has 2 aromatic rings. The average molecular weight is 282 g/mol. The van der Waals surface area contributed by atoms with Gasteiger partial charge in [0.05, 0.1) is 7.11 Å². The predicted octanol–water partition coefficient (Wildman–Crippen LogP) is 3.75. The van der Waals surface area contributed by atoms with Crippen LogP contribution in [0.15, 0.2) is 35.7 Å². The summed E-state index contributed by atoms with van der Waals surface area (Å²) in [6, 6.07) is 9.20. The van der Waals surface area contributed by atoms with Crippen molar-refractivity contribution in [2.24, 2.45) is 0 Å². The van der Waals surface area contributed by atoms with Crippen LogP contribution < -0.4 is 10.1 Å². The average Bonchev–Trinajstić information content (AvgIpc) is 2.88. The third kappa shape index (κ3) is 2.83. The van der Waals surface area contributed by atoms with Crippen molar-refractivity contribution in [3.05, 3.63) is 46.2 Å². The number of methoxy groups -OCH3 is 1. The van der Waals surface area contributed by atoms with Crippen LogP contribution in [0.25, 0.3) is 0 Å². The van der Waals surface area contributed by atoms with Crippen LogP contribution in [0, 0.1) is 0 Å². The van der Waals surface area contributed by atoms with E-state index in [9.17, 15) is 4.79 Å². The molecule has 0 bridgehead atoms. The van der Waals surface area contributed by atoms with Crippen LogP contribution in [-0.4, -0.2) is 13.0 Å². The molecule has 0 radical (unpaired) electrons. The van der Waals surface area contributed by atoms with Gasteiger partial charge in [-0.2, -0.15) is 0 Å². The lowest BCUT2D eigenvalue weighted by Crippen LogP contribution is -2.11. The minimum absolute atomic E-state index is 0.166. The third-order valence-corrected chi connectivity index (χ3v) is 3.62. The van der Waals surface area contributed by atoms with E-state index < -0.39 is 0 Å². The summed E-state index contributed by atoms with van der Waals surface area (Å²) in [5, 5.41) is 4.64. The van der Waals surface area contributed by atoms with Crippen molar-refractivity contribution < 1.29 is 9.53 Å². The van der Waals surface area contributed by atoms with Crippen LogP contribution in [0.4, 0.5) is 5.69 Å². The van der Waals surface area contributed by atoms with Crippen LogP contribution in [0.3, 0.4) is 0 Å². The molecule has 1 N–H and O–H groups in total. The number of ether oxygens (including phenoxy) is 1. The molecule has 1 heterocycles. The van der Waals surface area contributed by atoms with E-state index >= 15 is 0 Å². The molecule has 3 nitrogen and oxygen atoms in total. The van der Waals surface area contributed by atoms with Crippen LogP contribution in [-0.2, 0) is 5.88 Å². The van der Waals surface area contributed by atoms with Gasteiger partial charge in [0.1, 0.15) is 10.6 Å². The Morgan fingerprint density at radius 3 is 2.67 bits per heavy atom. The summed E-state index contributed by atoms with van der Waals surface area (Å²) >= 11 is 7.05. The molecule has 0 unspecified atom stereocenters. The maximum absolute atomic E-state index is 12.0. The summed E-state index contributed by atoms with van der Waals surface area (Å²) in [5.74, 6) is 0.892. The highest BCUT2D eigenvalue weighted by Crippen LogP contribution is 2.25. The molecular formula is C13H12ClNO2S. The minimum Gasteiger partial charge on any atom is -0.495 e. The van der Waals surface area contributed by atoms with Crippen molar-refractivity contribution in [1.29, 1.82) is 0 Å². The van der Waals surface area contributed by atoms with Crippen molar-refractivity contribution in [2.45, 2.75) is 5.88 Å². The number of benzene rings is 1. The number of nitrogens with one attached hydrogen (secondary N) is 1. The Hall–Kier alpha value is -1.52. The van der Waals surface area contributed by atoms with Crippen LogP contribution >= 0.6 is 22.9 Å². The van der Waals surface area contributed by atoms with Gasteiger partial charge in [0, 0.05) is 11.6 Å². The normalized spacial score (nSPS) is 10.1. The van der Waals surface area contributed by atoms with Gasteiger partial charge in [-0.1, -0.05) is 12.1 Å². The summed E-state index contributed by atoms with van der Waals surface area (Å²) in [5.41, 5.74) is 1.76. The largest absolute Gasteiger partial charge is 0.495 e. The van der Waals surface area contributed by atoms with Crippen LogP contribution in [0.2, 0.25) is 0 Å². The van der Waals surface area contributed by atoms with Crippen LogP contribution in [0.1, 0.15) is 15.2 Å². The number of carbonyl (C=O) groups is 1. The highest BCUT2D eigenvalue weighted by Gasteiger charge is 2.13. The molecule has 0 saturated carbocycles. The van der Waals surface area contributed by atoms with Gasteiger partial charge in [-0.05, 0) is 29.1 Å². The van der Waals surface area contributed by atoms with Gasteiger partial charge in [0.15, 0.2) is 0 Å². The predicted molar refractivity (Wildman–Crippen MR) is 74.8 cm³/mol. The van der Waals surface area contributed by atoms with E-state index in [0.29, 0.717) is 16.5 Å². The van der Waals surface area contributed by atoms with Gasteiger partial charge >= 0.3 is 0 Å². The summed E-state index contributed by atoms with van der Waals surface area (Å²) in [7, 11) is 1.55. The molecule has 18 heavy (non-hydrogen) atoms. The Morgan fingerprint density at radius 1 is 1.33 bits per heavy atom. The first-order valence-corrected chi connectivity index (χ1v) is 6.73. The van der Waals surface area contributed by atoms with E-state index in [1.165, 1.54) is 11.3 Å². The summed E-state index contributed by atoms with van der Waals surface area (Å²) < 4.78 is 5.11. The number of alkyl halides is 1. The molecular weight excluding hydrogens is 270 g/mol. The number of rotatable bonds is 4. The summed E-state index contributed by atoms with van der Waals surface area (Å²) in [6.07, 6.45) is 0. The van der Waals surface area contributed by atoms with Crippen molar-refractivity contribution in [3.8, 4) is 5.75 Å². The molecule has 0 spiro atoms. The zero-order valence-electron chi connectivity index (χ0n) is 9.77. The number of thiophene rings is 1. The Bertz CT molecular complexity index is 536.